The predicted octanol–water partition coefficient (Wildman–Crippen LogP) is 3.51. The molecule has 6 heteroatoms. The Hall–Kier alpha value is -2.34. The van der Waals surface area contributed by atoms with Crippen molar-refractivity contribution in [2.45, 2.75) is 33.7 Å². The van der Waals surface area contributed by atoms with E-state index >= 15 is 0 Å². The highest BCUT2D eigenvalue weighted by molar-refractivity contribution is 7.92. The summed E-state index contributed by atoms with van der Waals surface area (Å²) in [6.45, 7) is 7.10. The molecule has 146 valence electrons. The van der Waals surface area contributed by atoms with Crippen molar-refractivity contribution < 1.29 is 13.2 Å². The first-order valence-electron chi connectivity index (χ1n) is 9.09. The zero-order valence-corrected chi connectivity index (χ0v) is 17.3. The summed E-state index contributed by atoms with van der Waals surface area (Å²) in [4.78, 5) is 14.4. The van der Waals surface area contributed by atoms with E-state index in [2.05, 4.69) is 0 Å². The second-order valence-corrected chi connectivity index (χ2v) is 8.65. The van der Waals surface area contributed by atoms with Gasteiger partial charge in [-0.25, -0.2) is 8.42 Å². The lowest BCUT2D eigenvalue weighted by Crippen LogP contribution is -2.36. The second kappa shape index (κ2) is 9.04. The number of benzene rings is 2. The maximum absolute atomic E-state index is 12.7. The van der Waals surface area contributed by atoms with E-state index in [0.717, 1.165) is 16.7 Å². The fourth-order valence-electron chi connectivity index (χ4n) is 2.90. The maximum Gasteiger partial charge on any atom is 0.232 e. The highest BCUT2D eigenvalue weighted by atomic mass is 32.2. The minimum Gasteiger partial charge on any atom is -0.339 e. The third-order valence-corrected chi connectivity index (χ3v) is 5.85. The molecule has 5 nitrogen and oxygen atoms in total. The van der Waals surface area contributed by atoms with E-state index < -0.39 is 10.0 Å². The highest BCUT2D eigenvalue weighted by Gasteiger charge is 2.21. The summed E-state index contributed by atoms with van der Waals surface area (Å²) in [5, 5.41) is 0. The molecule has 0 heterocycles. The third-order valence-electron chi connectivity index (χ3n) is 4.66. The van der Waals surface area contributed by atoms with E-state index in [1.807, 2.05) is 63.2 Å². The monoisotopic (exact) mass is 388 g/mol. The molecule has 0 atom stereocenters. The first-order valence-corrected chi connectivity index (χ1v) is 10.9. The Balaban J connectivity index is 2.11. The van der Waals surface area contributed by atoms with Crippen molar-refractivity contribution in [3.05, 3.63) is 65.2 Å². The minimum atomic E-state index is -3.47. The molecule has 0 N–H and O–H groups in total. The zero-order chi connectivity index (χ0) is 20.0. The number of anilines is 1. The van der Waals surface area contributed by atoms with Crippen molar-refractivity contribution in [2.75, 3.05) is 23.7 Å². The number of amides is 1. The van der Waals surface area contributed by atoms with Crippen molar-refractivity contribution in [3.63, 3.8) is 0 Å². The number of hydrogen-bond acceptors (Lipinski definition) is 3. The lowest BCUT2D eigenvalue weighted by Gasteiger charge is -2.26. The quantitative estimate of drug-likeness (QED) is 0.695. The SMILES string of the molecule is CCN(Cc1ccccc1)C(=O)CCN(c1ccc(C)c(C)c1)S(C)(=O)=O. The molecule has 0 aromatic heterocycles. The smallest absolute Gasteiger partial charge is 0.232 e. The lowest BCUT2D eigenvalue weighted by atomic mass is 10.1. The van der Waals surface area contributed by atoms with Gasteiger partial charge in [-0.05, 0) is 49.6 Å². The molecular weight excluding hydrogens is 360 g/mol. The molecule has 2 rings (SSSR count). The van der Waals surface area contributed by atoms with Gasteiger partial charge in [0.2, 0.25) is 15.9 Å². The van der Waals surface area contributed by atoms with Gasteiger partial charge in [-0.2, -0.15) is 0 Å². The number of carbonyl (C=O) groups is 1. The van der Waals surface area contributed by atoms with Crippen molar-refractivity contribution >= 4 is 21.6 Å². The lowest BCUT2D eigenvalue weighted by molar-refractivity contribution is -0.131. The number of aryl methyl sites for hydroxylation is 2. The van der Waals surface area contributed by atoms with Crippen LogP contribution in [0.5, 0.6) is 0 Å². The van der Waals surface area contributed by atoms with Crippen LogP contribution in [0.4, 0.5) is 5.69 Å². The maximum atomic E-state index is 12.7. The Labute approximate surface area is 162 Å². The summed E-state index contributed by atoms with van der Waals surface area (Å²) in [6.07, 6.45) is 1.31. The molecule has 0 saturated heterocycles. The minimum absolute atomic E-state index is 0.0566. The van der Waals surface area contributed by atoms with Gasteiger partial charge >= 0.3 is 0 Å². The summed E-state index contributed by atoms with van der Waals surface area (Å²) < 4.78 is 25.9. The topological polar surface area (TPSA) is 57.7 Å². The van der Waals surface area contributed by atoms with Gasteiger partial charge in [0.1, 0.15) is 0 Å². The third kappa shape index (κ3) is 5.82. The number of sulfonamides is 1. The van der Waals surface area contributed by atoms with Crippen LogP contribution in [-0.2, 0) is 21.4 Å². The van der Waals surface area contributed by atoms with Crippen molar-refractivity contribution in [3.8, 4) is 0 Å². The van der Waals surface area contributed by atoms with Crippen molar-refractivity contribution in [1.29, 1.82) is 0 Å². The van der Waals surface area contributed by atoms with E-state index in [-0.39, 0.29) is 18.9 Å². The predicted molar refractivity (Wildman–Crippen MR) is 110 cm³/mol. The Kier molecular flexibility index (Phi) is 7.02. The molecule has 0 bridgehead atoms. The zero-order valence-electron chi connectivity index (χ0n) is 16.5. The Bertz CT molecular complexity index is 880. The molecule has 0 radical (unpaired) electrons. The average Bonchev–Trinajstić information content (AvgIpc) is 2.62. The highest BCUT2D eigenvalue weighted by Crippen LogP contribution is 2.21. The van der Waals surface area contributed by atoms with Gasteiger partial charge in [0.25, 0.3) is 0 Å². The number of hydrogen-bond donors (Lipinski definition) is 0. The summed E-state index contributed by atoms with van der Waals surface area (Å²) in [6, 6.07) is 15.3. The van der Waals surface area contributed by atoms with Crippen molar-refractivity contribution in [2.24, 2.45) is 0 Å². The van der Waals surface area contributed by atoms with Gasteiger partial charge < -0.3 is 4.90 Å². The number of carbonyl (C=O) groups excluding carboxylic acids is 1. The summed E-state index contributed by atoms with van der Waals surface area (Å²) >= 11 is 0. The molecule has 0 aliphatic heterocycles. The van der Waals surface area contributed by atoms with Gasteiger partial charge in [0.05, 0.1) is 11.9 Å². The Morgan fingerprint density at radius 2 is 1.67 bits per heavy atom. The molecule has 2 aromatic carbocycles. The molecule has 0 unspecified atom stereocenters. The van der Waals surface area contributed by atoms with E-state index in [4.69, 9.17) is 0 Å². The second-order valence-electron chi connectivity index (χ2n) is 6.75. The fourth-order valence-corrected chi connectivity index (χ4v) is 3.82. The first-order chi connectivity index (χ1) is 12.7. The largest absolute Gasteiger partial charge is 0.339 e. The average molecular weight is 389 g/mol. The van der Waals surface area contributed by atoms with Crippen LogP contribution in [-0.4, -0.2) is 38.6 Å². The van der Waals surface area contributed by atoms with Gasteiger partial charge in [0.15, 0.2) is 0 Å². The first kappa shape index (κ1) is 21.0. The molecule has 0 fully saturated rings. The van der Waals surface area contributed by atoms with Crippen LogP contribution in [0.3, 0.4) is 0 Å². The molecule has 2 aromatic rings. The molecule has 27 heavy (non-hydrogen) atoms. The van der Waals surface area contributed by atoms with Crippen LogP contribution in [0, 0.1) is 13.8 Å². The van der Waals surface area contributed by atoms with Crippen LogP contribution >= 0.6 is 0 Å². The van der Waals surface area contributed by atoms with Crippen LogP contribution in [0.2, 0.25) is 0 Å². The van der Waals surface area contributed by atoms with Gasteiger partial charge in [-0.3, -0.25) is 9.10 Å². The molecule has 0 saturated carbocycles. The normalized spacial score (nSPS) is 11.3. The van der Waals surface area contributed by atoms with Crippen molar-refractivity contribution in [1.82, 2.24) is 4.90 Å². The molecule has 0 aliphatic rings. The van der Waals surface area contributed by atoms with Crippen LogP contribution in [0.15, 0.2) is 48.5 Å². The van der Waals surface area contributed by atoms with Gasteiger partial charge in [-0.15, -0.1) is 0 Å². The number of nitrogens with zero attached hydrogens (tertiary/aromatic N) is 2. The molecule has 0 aliphatic carbocycles. The van der Waals surface area contributed by atoms with Crippen LogP contribution in [0.1, 0.15) is 30.0 Å². The molecule has 1 amide bonds. The van der Waals surface area contributed by atoms with Gasteiger partial charge in [-0.1, -0.05) is 36.4 Å². The van der Waals surface area contributed by atoms with E-state index in [1.54, 1.807) is 11.0 Å². The van der Waals surface area contributed by atoms with E-state index in [9.17, 15) is 13.2 Å². The fraction of sp³-hybridized carbons (Fsp3) is 0.381. The van der Waals surface area contributed by atoms with E-state index in [1.165, 1.54) is 10.6 Å². The number of rotatable bonds is 8. The van der Waals surface area contributed by atoms with Gasteiger partial charge in [0, 0.05) is 26.1 Å². The summed E-state index contributed by atoms with van der Waals surface area (Å²) in [5.74, 6) is -0.0566. The summed E-state index contributed by atoms with van der Waals surface area (Å²) in [5.41, 5.74) is 3.77. The summed E-state index contributed by atoms with van der Waals surface area (Å²) in [7, 11) is -3.47. The Morgan fingerprint density at radius 1 is 1.00 bits per heavy atom. The Morgan fingerprint density at radius 3 is 2.22 bits per heavy atom. The molecular formula is C21H28N2O3S. The standard InChI is InChI=1S/C21H28N2O3S/c1-5-22(16-19-9-7-6-8-10-19)21(24)13-14-23(27(4,25)26)20-12-11-17(2)18(3)15-20/h6-12,15H,5,13-14,16H2,1-4H3. The van der Waals surface area contributed by atoms with E-state index in [0.29, 0.717) is 18.8 Å². The molecule has 0 spiro atoms. The van der Waals surface area contributed by atoms with Crippen LogP contribution < -0.4 is 4.31 Å². The van der Waals surface area contributed by atoms with Crippen LogP contribution in [0.25, 0.3) is 0 Å².